The van der Waals surface area contributed by atoms with Crippen LogP contribution in [0.25, 0.3) is 33.6 Å². The number of furan rings is 1. The van der Waals surface area contributed by atoms with E-state index in [0.717, 1.165) is 5.76 Å². The van der Waals surface area contributed by atoms with Crippen LogP contribution >= 0.6 is 11.6 Å². The highest BCUT2D eigenvalue weighted by molar-refractivity contribution is 6.34. The number of nitrogen functional groups attached to an aromatic ring is 2. The van der Waals surface area contributed by atoms with Gasteiger partial charge in [-0.25, -0.2) is 4.98 Å². The molecule has 0 aliphatic carbocycles. The van der Waals surface area contributed by atoms with E-state index in [9.17, 15) is 4.79 Å². The first-order chi connectivity index (χ1) is 13.0. The number of aryl methyl sites for hydroxylation is 1. The van der Waals surface area contributed by atoms with Gasteiger partial charge < -0.3 is 20.6 Å². The van der Waals surface area contributed by atoms with Gasteiger partial charge in [-0.3, -0.25) is 10.6 Å². The number of hydrazine groups is 1. The predicted molar refractivity (Wildman–Crippen MR) is 107 cm³/mol. The maximum atomic E-state index is 12.3. The van der Waals surface area contributed by atoms with Gasteiger partial charge in [0.15, 0.2) is 11.2 Å². The summed E-state index contributed by atoms with van der Waals surface area (Å²) in [6.45, 7) is 1.85. The number of nitrogens with one attached hydrogen (secondary N) is 2. The number of hydrogen-bond donors (Lipinski definition) is 4. The Balaban J connectivity index is 2.08. The van der Waals surface area contributed by atoms with E-state index in [0.29, 0.717) is 50.0 Å². The molecule has 0 atom stereocenters. The van der Waals surface area contributed by atoms with Crippen LogP contribution in [0.5, 0.6) is 0 Å². The molecule has 0 saturated heterocycles. The molecular weight excluding hydrogens is 366 g/mol. The zero-order valence-corrected chi connectivity index (χ0v) is 15.1. The van der Waals surface area contributed by atoms with Crippen LogP contribution < -0.4 is 22.4 Å². The Bertz CT molecular complexity index is 1230. The number of halogens is 1. The van der Waals surface area contributed by atoms with Crippen LogP contribution in [0, 0.1) is 6.92 Å². The number of anilines is 2. The van der Waals surface area contributed by atoms with Crippen LogP contribution in [-0.2, 0) is 0 Å². The third-order valence-corrected chi connectivity index (χ3v) is 4.63. The molecular formula is C19H16ClN5O2. The lowest BCUT2D eigenvalue weighted by Gasteiger charge is -2.13. The molecule has 3 heterocycles. The van der Waals surface area contributed by atoms with Crippen LogP contribution in [0.4, 0.5) is 11.4 Å². The van der Waals surface area contributed by atoms with Crippen molar-refractivity contribution in [3.8, 4) is 22.6 Å². The lowest BCUT2D eigenvalue weighted by Crippen LogP contribution is -2.09. The second-order valence-electron chi connectivity index (χ2n) is 6.10. The second kappa shape index (κ2) is 6.46. The fraction of sp³-hybridized carbons (Fsp3) is 0.0526. The number of H-pyrrole nitrogens is 1. The van der Waals surface area contributed by atoms with Gasteiger partial charge in [0, 0.05) is 17.8 Å². The van der Waals surface area contributed by atoms with Gasteiger partial charge in [0.05, 0.1) is 21.8 Å². The molecule has 0 aliphatic heterocycles. The predicted octanol–water partition coefficient (Wildman–Crippen LogP) is 3.68. The molecule has 0 bridgehead atoms. The second-order valence-corrected chi connectivity index (χ2v) is 6.50. The largest absolute Gasteiger partial charge is 0.460 e. The van der Waals surface area contributed by atoms with Gasteiger partial charge in [-0.15, -0.1) is 0 Å². The lowest BCUT2D eigenvalue weighted by atomic mass is 10.00. The van der Waals surface area contributed by atoms with Crippen LogP contribution in [0.3, 0.4) is 0 Å². The molecule has 0 saturated carbocycles. The Morgan fingerprint density at radius 2 is 2.04 bits per heavy atom. The minimum atomic E-state index is -0.140. The maximum absolute atomic E-state index is 12.3. The summed E-state index contributed by atoms with van der Waals surface area (Å²) in [5.74, 6) is 6.88. The summed E-state index contributed by atoms with van der Waals surface area (Å²) in [6, 6.07) is 10.3. The van der Waals surface area contributed by atoms with E-state index >= 15 is 0 Å². The molecule has 1 aromatic carbocycles. The van der Waals surface area contributed by atoms with Gasteiger partial charge in [0.2, 0.25) is 0 Å². The average molecular weight is 382 g/mol. The molecule has 0 amide bonds. The first kappa shape index (κ1) is 17.1. The summed E-state index contributed by atoms with van der Waals surface area (Å²) in [6.07, 6.45) is 1.56. The van der Waals surface area contributed by atoms with Crippen LogP contribution in [0.2, 0.25) is 5.02 Å². The summed E-state index contributed by atoms with van der Waals surface area (Å²) in [5, 5.41) is 0.791. The molecule has 8 heteroatoms. The van der Waals surface area contributed by atoms with Gasteiger partial charge in [0.1, 0.15) is 17.1 Å². The normalized spacial score (nSPS) is 11.1. The molecule has 0 aliphatic rings. The fourth-order valence-electron chi connectivity index (χ4n) is 2.96. The number of rotatable bonds is 3. The molecule has 0 spiro atoms. The summed E-state index contributed by atoms with van der Waals surface area (Å²) in [4.78, 5) is 19.9. The van der Waals surface area contributed by atoms with Crippen molar-refractivity contribution in [2.75, 3.05) is 11.2 Å². The summed E-state index contributed by atoms with van der Waals surface area (Å²) < 4.78 is 5.77. The molecule has 0 radical (unpaired) electrons. The highest BCUT2D eigenvalue weighted by Crippen LogP contribution is 2.38. The molecule has 136 valence electrons. The fourth-order valence-corrected chi connectivity index (χ4v) is 3.18. The molecule has 7 nitrogen and oxygen atoms in total. The molecule has 6 N–H and O–H groups in total. The van der Waals surface area contributed by atoms with Gasteiger partial charge in [-0.05, 0) is 42.8 Å². The monoisotopic (exact) mass is 381 g/mol. The van der Waals surface area contributed by atoms with Gasteiger partial charge in [0.25, 0.3) is 0 Å². The topological polar surface area (TPSA) is 123 Å². The van der Waals surface area contributed by atoms with Gasteiger partial charge >= 0.3 is 0 Å². The summed E-state index contributed by atoms with van der Waals surface area (Å²) in [5.41, 5.74) is 11.6. The van der Waals surface area contributed by atoms with Crippen molar-refractivity contribution in [3.05, 3.63) is 63.6 Å². The minimum absolute atomic E-state index is 0.140. The Morgan fingerprint density at radius 3 is 2.74 bits per heavy atom. The number of aromatic nitrogens is 2. The van der Waals surface area contributed by atoms with Crippen molar-refractivity contribution in [2.45, 2.75) is 6.92 Å². The summed E-state index contributed by atoms with van der Waals surface area (Å²) >= 11 is 6.27. The summed E-state index contributed by atoms with van der Waals surface area (Å²) in [7, 11) is 0. The van der Waals surface area contributed by atoms with Crippen molar-refractivity contribution in [1.29, 1.82) is 0 Å². The standard InChI is InChI=1S/C19H16ClN5O2/c1-9-2-3-16(27-9)18-11(8-12-15(26)4-5-23-19(12)24-18)10-6-13(20)17(21)14(7-10)25-22/h2-8,25H,21-22H2,1H3,(H,23,24,26). The maximum Gasteiger partial charge on any atom is 0.191 e. The lowest BCUT2D eigenvalue weighted by molar-refractivity contribution is 0.547. The van der Waals surface area contributed by atoms with Crippen LogP contribution in [0.15, 0.2) is 51.8 Å². The van der Waals surface area contributed by atoms with Gasteiger partial charge in [-0.1, -0.05) is 11.6 Å². The third kappa shape index (κ3) is 2.92. The molecule has 3 aromatic heterocycles. The molecule has 0 fully saturated rings. The van der Waals surface area contributed by atoms with Crippen molar-refractivity contribution in [1.82, 2.24) is 9.97 Å². The highest BCUT2D eigenvalue weighted by atomic mass is 35.5. The van der Waals surface area contributed by atoms with Crippen LogP contribution in [-0.4, -0.2) is 9.97 Å². The zero-order chi connectivity index (χ0) is 19.1. The van der Waals surface area contributed by atoms with E-state index in [1.54, 1.807) is 24.4 Å². The minimum Gasteiger partial charge on any atom is -0.460 e. The smallest absolute Gasteiger partial charge is 0.191 e. The third-order valence-electron chi connectivity index (χ3n) is 4.31. The van der Waals surface area contributed by atoms with E-state index in [1.165, 1.54) is 6.07 Å². The number of aromatic amines is 1. The number of pyridine rings is 2. The number of benzene rings is 1. The average Bonchev–Trinajstić information content (AvgIpc) is 3.09. The highest BCUT2D eigenvalue weighted by Gasteiger charge is 2.17. The number of nitrogens with zero attached hydrogens (tertiary/aromatic N) is 1. The van der Waals surface area contributed by atoms with E-state index in [-0.39, 0.29) is 5.43 Å². The van der Waals surface area contributed by atoms with E-state index < -0.39 is 0 Å². The molecule has 4 rings (SSSR count). The van der Waals surface area contributed by atoms with Crippen molar-refractivity contribution >= 4 is 34.0 Å². The molecule has 4 aromatic rings. The van der Waals surface area contributed by atoms with Crippen molar-refractivity contribution < 1.29 is 4.42 Å². The van der Waals surface area contributed by atoms with Gasteiger partial charge in [-0.2, -0.15) is 0 Å². The van der Waals surface area contributed by atoms with E-state index in [1.807, 2.05) is 19.1 Å². The number of nitrogens with two attached hydrogens (primary N) is 2. The SMILES string of the molecule is Cc1ccc(-c2nc3[nH]ccc(=O)c3cc2-c2cc(Cl)c(N)c(NN)c2)o1. The first-order valence-electron chi connectivity index (χ1n) is 8.13. The van der Waals surface area contributed by atoms with Crippen molar-refractivity contribution in [2.24, 2.45) is 5.84 Å². The molecule has 0 unspecified atom stereocenters. The Kier molecular flexibility index (Phi) is 4.10. The van der Waals surface area contributed by atoms with Crippen LogP contribution in [0.1, 0.15) is 5.76 Å². The number of hydrogen-bond acceptors (Lipinski definition) is 6. The Hall–Kier alpha value is -3.29. The Morgan fingerprint density at radius 1 is 1.22 bits per heavy atom. The quantitative estimate of drug-likeness (QED) is 0.244. The Labute approximate surface area is 158 Å². The first-order valence-corrected chi connectivity index (χ1v) is 8.51. The van der Waals surface area contributed by atoms with E-state index in [4.69, 9.17) is 27.6 Å². The molecule has 27 heavy (non-hydrogen) atoms. The van der Waals surface area contributed by atoms with Crippen molar-refractivity contribution in [3.63, 3.8) is 0 Å². The van der Waals surface area contributed by atoms with E-state index in [2.05, 4.69) is 15.4 Å². The number of fused-ring (bicyclic) bond motifs is 1. The zero-order valence-electron chi connectivity index (χ0n) is 14.3.